The molecule has 116 valence electrons. The maximum absolute atomic E-state index is 12.8. The Morgan fingerprint density at radius 1 is 1.04 bits per heavy atom. The second-order valence-corrected chi connectivity index (χ2v) is 7.52. The van der Waals surface area contributed by atoms with Crippen molar-refractivity contribution in [2.75, 3.05) is 0 Å². The summed E-state index contributed by atoms with van der Waals surface area (Å²) in [4.78, 5) is 11.7. The highest BCUT2D eigenvalue weighted by Gasteiger charge is 2.77. The van der Waals surface area contributed by atoms with Crippen LogP contribution in [0.3, 0.4) is 0 Å². The Bertz CT molecular complexity index is 887. The van der Waals surface area contributed by atoms with Gasteiger partial charge in [-0.3, -0.25) is 4.79 Å². The molecule has 1 N–H and O–H groups in total. The van der Waals surface area contributed by atoms with Gasteiger partial charge in [-0.25, -0.2) is 8.42 Å². The maximum atomic E-state index is 12.8. The van der Waals surface area contributed by atoms with Crippen molar-refractivity contribution in [3.63, 3.8) is 0 Å². The fraction of sp³-hybridized carbons (Fsp3) is 0.176. The number of carboxylic acid groups (broad SMARTS) is 1. The molecule has 0 unspecified atom stereocenters. The molecular formula is C17H13NO4S. The largest absolute Gasteiger partial charge is 0.480 e. The molecule has 0 spiro atoms. The van der Waals surface area contributed by atoms with E-state index >= 15 is 0 Å². The quantitative estimate of drug-likeness (QED) is 0.929. The molecule has 2 aromatic carbocycles. The van der Waals surface area contributed by atoms with Crippen molar-refractivity contribution in [3.8, 4) is 6.07 Å². The molecule has 1 fully saturated rings. The molecule has 1 saturated carbocycles. The van der Waals surface area contributed by atoms with E-state index in [1.165, 1.54) is 12.1 Å². The normalized spacial score (nSPS) is 26.2. The Balaban J connectivity index is 2.14. The van der Waals surface area contributed by atoms with Gasteiger partial charge in [-0.15, -0.1) is 0 Å². The van der Waals surface area contributed by atoms with E-state index in [4.69, 9.17) is 0 Å². The van der Waals surface area contributed by atoms with Crippen LogP contribution < -0.4 is 0 Å². The summed E-state index contributed by atoms with van der Waals surface area (Å²) in [6.45, 7) is 0. The number of benzene rings is 2. The predicted molar refractivity (Wildman–Crippen MR) is 82.3 cm³/mol. The molecule has 0 amide bonds. The number of carbonyl (C=O) groups is 1. The average molecular weight is 327 g/mol. The molecule has 0 radical (unpaired) electrons. The van der Waals surface area contributed by atoms with Crippen LogP contribution in [0.5, 0.6) is 0 Å². The Labute approximate surface area is 133 Å². The third kappa shape index (κ3) is 2.13. The summed E-state index contributed by atoms with van der Waals surface area (Å²) in [7, 11) is -3.93. The summed E-state index contributed by atoms with van der Waals surface area (Å²) < 4.78 is 25.7. The van der Waals surface area contributed by atoms with E-state index in [1.807, 2.05) is 0 Å². The fourth-order valence-electron chi connectivity index (χ4n) is 3.07. The van der Waals surface area contributed by atoms with Crippen LogP contribution in [-0.4, -0.2) is 24.7 Å². The lowest BCUT2D eigenvalue weighted by Crippen LogP contribution is -2.22. The Morgan fingerprint density at radius 2 is 1.57 bits per heavy atom. The number of nitrogens with zero attached hydrogens (tertiary/aromatic N) is 1. The lowest BCUT2D eigenvalue weighted by molar-refractivity contribution is -0.141. The molecule has 0 aliphatic heterocycles. The summed E-state index contributed by atoms with van der Waals surface area (Å²) in [6.07, 6.45) is 0. The van der Waals surface area contributed by atoms with Crippen molar-refractivity contribution in [1.82, 2.24) is 0 Å². The number of hydrogen-bond donors (Lipinski definition) is 1. The van der Waals surface area contributed by atoms with Crippen LogP contribution >= 0.6 is 0 Å². The van der Waals surface area contributed by atoms with Crippen LogP contribution in [0.2, 0.25) is 0 Å². The molecule has 2 aromatic rings. The molecule has 1 aliphatic rings. The van der Waals surface area contributed by atoms with Gasteiger partial charge in [-0.2, -0.15) is 5.26 Å². The fourth-order valence-corrected chi connectivity index (χ4v) is 5.34. The zero-order valence-corrected chi connectivity index (χ0v) is 12.8. The number of rotatable bonds is 4. The van der Waals surface area contributed by atoms with Gasteiger partial charge in [-0.05, 0) is 17.7 Å². The number of hydrogen-bond acceptors (Lipinski definition) is 4. The van der Waals surface area contributed by atoms with Gasteiger partial charge in [0.05, 0.1) is 11.0 Å². The third-order valence-electron chi connectivity index (χ3n) is 4.24. The number of carboxylic acids is 1. The van der Waals surface area contributed by atoms with E-state index in [2.05, 4.69) is 0 Å². The van der Waals surface area contributed by atoms with Crippen molar-refractivity contribution in [1.29, 1.82) is 5.26 Å². The molecule has 6 heteroatoms. The van der Waals surface area contributed by atoms with E-state index in [0.717, 1.165) is 0 Å². The van der Waals surface area contributed by atoms with E-state index in [0.29, 0.717) is 5.56 Å². The van der Waals surface area contributed by atoms with E-state index in [1.54, 1.807) is 54.6 Å². The second-order valence-electron chi connectivity index (χ2n) is 5.45. The first-order valence-corrected chi connectivity index (χ1v) is 8.49. The Morgan fingerprint density at radius 3 is 2.04 bits per heavy atom. The SMILES string of the molecule is N#C[C@]1(C(=O)O)[C@H](c2ccccc2)[C@H]1S(=O)(=O)c1ccccc1. The van der Waals surface area contributed by atoms with Gasteiger partial charge in [0.15, 0.2) is 15.3 Å². The maximum Gasteiger partial charge on any atom is 0.326 e. The van der Waals surface area contributed by atoms with Gasteiger partial charge >= 0.3 is 5.97 Å². The molecule has 3 atom stereocenters. The summed E-state index contributed by atoms with van der Waals surface area (Å²) in [5, 5.41) is 17.7. The summed E-state index contributed by atoms with van der Waals surface area (Å²) >= 11 is 0. The molecular weight excluding hydrogens is 314 g/mol. The Kier molecular flexibility index (Phi) is 3.46. The minimum atomic E-state index is -3.93. The summed E-state index contributed by atoms with van der Waals surface area (Å²) in [5.41, 5.74) is -1.41. The van der Waals surface area contributed by atoms with Crippen LogP contribution in [0.4, 0.5) is 0 Å². The van der Waals surface area contributed by atoms with Crippen LogP contribution in [0.1, 0.15) is 11.5 Å². The first-order valence-electron chi connectivity index (χ1n) is 6.95. The van der Waals surface area contributed by atoms with Crippen LogP contribution in [-0.2, 0) is 14.6 Å². The minimum absolute atomic E-state index is 0.0318. The lowest BCUT2D eigenvalue weighted by Gasteiger charge is -2.04. The smallest absolute Gasteiger partial charge is 0.326 e. The molecule has 0 heterocycles. The van der Waals surface area contributed by atoms with Crippen molar-refractivity contribution >= 4 is 15.8 Å². The molecule has 1 aliphatic carbocycles. The standard InChI is InChI=1S/C17H13NO4S/c18-11-17(16(19)20)14(12-7-3-1-4-8-12)15(17)23(21,22)13-9-5-2-6-10-13/h1-10,14-15H,(H,19,20)/t14-,15-,17+/m1/s1. The highest BCUT2D eigenvalue weighted by molar-refractivity contribution is 7.92. The van der Waals surface area contributed by atoms with Gasteiger partial charge in [0.1, 0.15) is 5.25 Å². The lowest BCUT2D eigenvalue weighted by atomic mass is 10.0. The zero-order chi connectivity index (χ0) is 16.7. The minimum Gasteiger partial charge on any atom is -0.480 e. The summed E-state index contributed by atoms with van der Waals surface area (Å²) in [6, 6.07) is 17.9. The van der Waals surface area contributed by atoms with Gasteiger partial charge in [-0.1, -0.05) is 48.5 Å². The average Bonchev–Trinajstić information content (AvgIpc) is 3.28. The van der Waals surface area contributed by atoms with E-state index < -0.39 is 32.4 Å². The molecule has 3 rings (SSSR count). The predicted octanol–water partition coefficient (Wildman–Crippen LogP) is 2.22. The summed E-state index contributed by atoms with van der Waals surface area (Å²) in [5.74, 6) is -2.28. The first kappa shape index (κ1) is 15.3. The number of nitriles is 1. The molecule has 23 heavy (non-hydrogen) atoms. The van der Waals surface area contributed by atoms with Gasteiger partial charge < -0.3 is 5.11 Å². The van der Waals surface area contributed by atoms with Gasteiger partial charge in [0.2, 0.25) is 0 Å². The number of sulfone groups is 1. The van der Waals surface area contributed by atoms with Crippen LogP contribution in [0, 0.1) is 16.7 Å². The number of aliphatic carboxylic acids is 1. The van der Waals surface area contributed by atoms with E-state index in [-0.39, 0.29) is 4.90 Å². The van der Waals surface area contributed by atoms with Crippen molar-refractivity contribution in [2.24, 2.45) is 5.41 Å². The van der Waals surface area contributed by atoms with Crippen LogP contribution in [0.25, 0.3) is 0 Å². The molecule has 0 bridgehead atoms. The van der Waals surface area contributed by atoms with Gasteiger partial charge in [0.25, 0.3) is 0 Å². The second kappa shape index (κ2) is 5.21. The molecule has 0 aromatic heterocycles. The Hall–Kier alpha value is -2.65. The highest BCUT2D eigenvalue weighted by atomic mass is 32.2. The molecule has 5 nitrogen and oxygen atoms in total. The molecule has 0 saturated heterocycles. The van der Waals surface area contributed by atoms with Gasteiger partial charge in [0, 0.05) is 5.92 Å². The van der Waals surface area contributed by atoms with Crippen LogP contribution in [0.15, 0.2) is 65.6 Å². The monoisotopic (exact) mass is 327 g/mol. The third-order valence-corrected chi connectivity index (χ3v) is 6.48. The van der Waals surface area contributed by atoms with Crippen molar-refractivity contribution in [2.45, 2.75) is 16.1 Å². The first-order chi connectivity index (χ1) is 11.0. The highest BCUT2D eigenvalue weighted by Crippen LogP contribution is 2.63. The zero-order valence-electron chi connectivity index (χ0n) is 12.0. The van der Waals surface area contributed by atoms with Crippen molar-refractivity contribution < 1.29 is 18.3 Å². The van der Waals surface area contributed by atoms with E-state index in [9.17, 15) is 23.6 Å². The van der Waals surface area contributed by atoms with Crippen molar-refractivity contribution in [3.05, 3.63) is 66.2 Å². The topological polar surface area (TPSA) is 95.2 Å².